The van der Waals surface area contributed by atoms with Crippen LogP contribution in [0.5, 0.6) is 5.75 Å². The molecule has 3 rings (SSSR count). The molecule has 1 atom stereocenters. The number of hydrogen-bond acceptors (Lipinski definition) is 2. The van der Waals surface area contributed by atoms with E-state index in [0.29, 0.717) is 5.92 Å². The lowest BCUT2D eigenvalue weighted by molar-refractivity contribution is 0.356. The van der Waals surface area contributed by atoms with E-state index in [0.717, 1.165) is 18.8 Å². The van der Waals surface area contributed by atoms with Gasteiger partial charge in [-0.05, 0) is 36.0 Å². The quantitative estimate of drug-likeness (QED) is 0.826. The maximum atomic E-state index is 6.35. The van der Waals surface area contributed by atoms with Crippen molar-refractivity contribution < 1.29 is 4.74 Å². The average molecular weight is 217 g/mol. The van der Waals surface area contributed by atoms with Gasteiger partial charge in [0.05, 0.1) is 6.61 Å². The van der Waals surface area contributed by atoms with Crippen molar-refractivity contribution in [3.63, 3.8) is 0 Å². The highest BCUT2D eigenvalue weighted by Gasteiger charge is 2.24. The molecule has 1 aromatic carbocycles. The Bertz CT molecular complexity index is 382. The van der Waals surface area contributed by atoms with Crippen LogP contribution in [-0.2, 0) is 6.42 Å². The lowest BCUT2D eigenvalue weighted by atomic mass is 9.91. The molecule has 1 saturated carbocycles. The molecule has 0 amide bonds. The van der Waals surface area contributed by atoms with Gasteiger partial charge in [-0.3, -0.25) is 0 Å². The van der Waals surface area contributed by atoms with Crippen LogP contribution in [0.2, 0.25) is 0 Å². The molecule has 1 heterocycles. The molecule has 86 valence electrons. The van der Waals surface area contributed by atoms with Gasteiger partial charge in [0.25, 0.3) is 0 Å². The highest BCUT2D eigenvalue weighted by molar-refractivity contribution is 5.40. The molecular formula is C14H19NO. The standard InChI is InChI=1S/C14H19NO/c15-14(10-3-1-2-4-10)12-5-6-13-11(9-12)7-8-16-13/h5-6,9-10,14H,1-4,7-8,15H2/t14-/m1/s1. The third kappa shape index (κ3) is 1.71. The monoisotopic (exact) mass is 217 g/mol. The van der Waals surface area contributed by atoms with Crippen LogP contribution in [-0.4, -0.2) is 6.61 Å². The first kappa shape index (κ1) is 10.2. The van der Waals surface area contributed by atoms with Crippen LogP contribution >= 0.6 is 0 Å². The minimum Gasteiger partial charge on any atom is -0.493 e. The summed E-state index contributed by atoms with van der Waals surface area (Å²) in [6.45, 7) is 0.831. The fraction of sp³-hybridized carbons (Fsp3) is 0.571. The summed E-state index contributed by atoms with van der Waals surface area (Å²) in [6.07, 6.45) is 6.35. The summed E-state index contributed by atoms with van der Waals surface area (Å²) in [5, 5.41) is 0. The van der Waals surface area contributed by atoms with Gasteiger partial charge in [-0.15, -0.1) is 0 Å². The van der Waals surface area contributed by atoms with E-state index in [1.807, 2.05) is 0 Å². The first-order valence-electron chi connectivity index (χ1n) is 6.36. The Labute approximate surface area is 96.8 Å². The van der Waals surface area contributed by atoms with Gasteiger partial charge in [0.1, 0.15) is 5.75 Å². The van der Waals surface area contributed by atoms with Crippen molar-refractivity contribution >= 4 is 0 Å². The second-order valence-corrected chi connectivity index (χ2v) is 5.04. The smallest absolute Gasteiger partial charge is 0.122 e. The van der Waals surface area contributed by atoms with Crippen molar-refractivity contribution in [2.45, 2.75) is 38.1 Å². The van der Waals surface area contributed by atoms with Crippen molar-refractivity contribution in [2.24, 2.45) is 11.7 Å². The van der Waals surface area contributed by atoms with Crippen LogP contribution in [0.25, 0.3) is 0 Å². The first-order valence-corrected chi connectivity index (χ1v) is 6.36. The van der Waals surface area contributed by atoms with Crippen molar-refractivity contribution in [3.05, 3.63) is 29.3 Å². The van der Waals surface area contributed by atoms with Crippen LogP contribution in [0.1, 0.15) is 42.9 Å². The Morgan fingerprint density at radius 1 is 1.25 bits per heavy atom. The third-order valence-corrected chi connectivity index (χ3v) is 4.01. The summed E-state index contributed by atoms with van der Waals surface area (Å²) < 4.78 is 5.52. The molecule has 0 bridgehead atoms. The van der Waals surface area contributed by atoms with Crippen molar-refractivity contribution in [1.82, 2.24) is 0 Å². The third-order valence-electron chi connectivity index (χ3n) is 4.01. The van der Waals surface area contributed by atoms with Crippen LogP contribution in [0.3, 0.4) is 0 Å². The van der Waals surface area contributed by atoms with Gasteiger partial charge in [0.2, 0.25) is 0 Å². The summed E-state index contributed by atoms with van der Waals surface area (Å²) in [5.41, 5.74) is 8.99. The number of hydrogen-bond donors (Lipinski definition) is 1. The molecule has 0 saturated heterocycles. The van der Waals surface area contributed by atoms with Crippen LogP contribution in [0.4, 0.5) is 0 Å². The van der Waals surface area contributed by atoms with E-state index in [2.05, 4.69) is 18.2 Å². The molecule has 0 radical (unpaired) electrons. The van der Waals surface area contributed by atoms with E-state index in [1.165, 1.54) is 36.8 Å². The Hall–Kier alpha value is -1.02. The molecule has 1 fully saturated rings. The second kappa shape index (κ2) is 4.10. The minimum absolute atomic E-state index is 0.230. The topological polar surface area (TPSA) is 35.2 Å². The molecule has 2 aliphatic rings. The highest BCUT2D eigenvalue weighted by atomic mass is 16.5. The molecule has 2 N–H and O–H groups in total. The molecule has 1 aliphatic heterocycles. The fourth-order valence-corrected chi connectivity index (χ4v) is 3.00. The normalized spacial score (nSPS) is 21.8. The van der Waals surface area contributed by atoms with E-state index in [1.54, 1.807) is 0 Å². The van der Waals surface area contributed by atoms with Gasteiger partial charge in [-0.2, -0.15) is 0 Å². The fourth-order valence-electron chi connectivity index (χ4n) is 3.00. The van der Waals surface area contributed by atoms with Gasteiger partial charge in [-0.1, -0.05) is 25.0 Å². The van der Waals surface area contributed by atoms with Gasteiger partial charge in [0.15, 0.2) is 0 Å². The van der Waals surface area contributed by atoms with Gasteiger partial charge in [0, 0.05) is 12.5 Å². The molecule has 2 heteroatoms. The van der Waals surface area contributed by atoms with Crippen LogP contribution in [0, 0.1) is 5.92 Å². The van der Waals surface area contributed by atoms with E-state index < -0.39 is 0 Å². The largest absolute Gasteiger partial charge is 0.493 e. The zero-order valence-corrected chi connectivity index (χ0v) is 9.61. The maximum Gasteiger partial charge on any atom is 0.122 e. The van der Waals surface area contributed by atoms with E-state index in [-0.39, 0.29) is 6.04 Å². The molecule has 0 unspecified atom stereocenters. The molecule has 0 spiro atoms. The molecule has 1 aliphatic carbocycles. The summed E-state index contributed by atoms with van der Waals surface area (Å²) >= 11 is 0. The summed E-state index contributed by atoms with van der Waals surface area (Å²) in [4.78, 5) is 0. The van der Waals surface area contributed by atoms with Gasteiger partial charge >= 0.3 is 0 Å². The SMILES string of the molecule is N[C@@H](c1ccc2c(c1)CCO2)C1CCCC1. The first-order chi connectivity index (χ1) is 7.84. The lowest BCUT2D eigenvalue weighted by Crippen LogP contribution is -2.19. The maximum absolute atomic E-state index is 6.35. The van der Waals surface area contributed by atoms with E-state index >= 15 is 0 Å². The summed E-state index contributed by atoms with van der Waals surface area (Å²) in [6, 6.07) is 6.72. The Morgan fingerprint density at radius 2 is 2.06 bits per heavy atom. The predicted octanol–water partition coefficient (Wildman–Crippen LogP) is 2.81. The number of rotatable bonds is 2. The Balaban J connectivity index is 1.83. The van der Waals surface area contributed by atoms with Crippen molar-refractivity contribution in [3.8, 4) is 5.75 Å². The van der Waals surface area contributed by atoms with Gasteiger partial charge < -0.3 is 10.5 Å². The lowest BCUT2D eigenvalue weighted by Gasteiger charge is -2.19. The predicted molar refractivity (Wildman–Crippen MR) is 64.5 cm³/mol. The van der Waals surface area contributed by atoms with Crippen LogP contribution < -0.4 is 10.5 Å². The summed E-state index contributed by atoms with van der Waals surface area (Å²) in [7, 11) is 0. The molecule has 1 aromatic rings. The number of benzene rings is 1. The number of ether oxygens (including phenoxy) is 1. The highest BCUT2D eigenvalue weighted by Crippen LogP contribution is 2.36. The molecule has 2 nitrogen and oxygen atoms in total. The Kier molecular flexibility index (Phi) is 2.60. The summed E-state index contributed by atoms with van der Waals surface area (Å²) in [5.74, 6) is 1.75. The minimum atomic E-state index is 0.230. The van der Waals surface area contributed by atoms with Crippen molar-refractivity contribution in [1.29, 1.82) is 0 Å². The molecule has 16 heavy (non-hydrogen) atoms. The Morgan fingerprint density at radius 3 is 2.88 bits per heavy atom. The molecular weight excluding hydrogens is 198 g/mol. The zero-order chi connectivity index (χ0) is 11.0. The van der Waals surface area contributed by atoms with E-state index in [9.17, 15) is 0 Å². The molecule has 0 aromatic heterocycles. The number of fused-ring (bicyclic) bond motifs is 1. The van der Waals surface area contributed by atoms with Crippen LogP contribution in [0.15, 0.2) is 18.2 Å². The average Bonchev–Trinajstić information content (AvgIpc) is 2.98. The van der Waals surface area contributed by atoms with Gasteiger partial charge in [-0.25, -0.2) is 0 Å². The van der Waals surface area contributed by atoms with Crippen molar-refractivity contribution in [2.75, 3.05) is 6.61 Å². The zero-order valence-electron chi connectivity index (χ0n) is 9.61. The van der Waals surface area contributed by atoms with E-state index in [4.69, 9.17) is 10.5 Å². The second-order valence-electron chi connectivity index (χ2n) is 5.04. The number of nitrogens with two attached hydrogens (primary N) is 1.